The zero-order chi connectivity index (χ0) is 23.3. The van der Waals surface area contributed by atoms with Gasteiger partial charge in [0.2, 0.25) is 0 Å². The molecule has 0 radical (unpaired) electrons. The van der Waals surface area contributed by atoms with E-state index in [0.717, 1.165) is 34.0 Å². The highest BCUT2D eigenvalue weighted by atomic mass is 15.4. The largest absolute Gasteiger partial charge is 0.369 e. The first-order chi connectivity index (χ1) is 14.4. The van der Waals surface area contributed by atoms with Crippen molar-refractivity contribution in [2.45, 2.75) is 47.6 Å². The summed E-state index contributed by atoms with van der Waals surface area (Å²) in [5.74, 6) is 7.07. The van der Waals surface area contributed by atoms with Crippen molar-refractivity contribution in [2.75, 3.05) is 18.6 Å². The van der Waals surface area contributed by atoms with E-state index in [-0.39, 0.29) is 12.0 Å². The number of nitrogens with two attached hydrogens (primary N) is 1. The van der Waals surface area contributed by atoms with Crippen LogP contribution in [0.4, 0.5) is 5.69 Å². The predicted octanol–water partition coefficient (Wildman–Crippen LogP) is 2.75. The highest BCUT2D eigenvalue weighted by Gasteiger charge is 2.19. The molecular formula is C22H35N9. The van der Waals surface area contributed by atoms with E-state index in [1.165, 1.54) is 0 Å². The van der Waals surface area contributed by atoms with Crippen molar-refractivity contribution in [3.8, 4) is 0 Å². The maximum absolute atomic E-state index is 8.42. The van der Waals surface area contributed by atoms with E-state index >= 15 is 0 Å². The average Bonchev–Trinajstić information content (AvgIpc) is 3.03. The number of aliphatic imine (C=N–C) groups is 1. The minimum absolute atomic E-state index is 0.187. The van der Waals surface area contributed by atoms with Crippen molar-refractivity contribution in [1.82, 2.24) is 20.1 Å². The third-order valence-electron chi connectivity index (χ3n) is 5.33. The lowest BCUT2D eigenvalue weighted by molar-refractivity contribution is 0.579. The molecule has 0 spiro atoms. The van der Waals surface area contributed by atoms with Crippen LogP contribution < -0.4 is 16.2 Å². The van der Waals surface area contributed by atoms with Gasteiger partial charge in [0.25, 0.3) is 0 Å². The van der Waals surface area contributed by atoms with Gasteiger partial charge in [0.15, 0.2) is 0 Å². The summed E-state index contributed by atoms with van der Waals surface area (Å²) in [7, 11) is 3.58. The van der Waals surface area contributed by atoms with E-state index in [1.807, 2.05) is 47.7 Å². The highest BCUT2D eigenvalue weighted by molar-refractivity contribution is 6.04. The number of rotatable bonds is 8. The number of aryl methyl sites for hydroxylation is 2. The standard InChI is InChI=1S/C22H35N9/c1-14-19(31(25)13-18(23)17-12-29-30(7)15(17)2)8-16(10-27-14)11-28-21(26-6)9-20(24)22(3,4)5/h8,10,12,23-24H,9,11,13,25H2,1-7H3,(H,26,28). The summed E-state index contributed by atoms with van der Waals surface area (Å²) in [4.78, 5) is 8.76. The van der Waals surface area contributed by atoms with Crippen molar-refractivity contribution >= 4 is 22.9 Å². The first kappa shape index (κ1) is 24.2. The van der Waals surface area contributed by atoms with Crippen molar-refractivity contribution in [3.05, 3.63) is 41.0 Å². The fraction of sp³-hybridized carbons (Fsp3) is 0.500. The molecule has 0 aliphatic heterocycles. The molecule has 9 nitrogen and oxygen atoms in total. The number of anilines is 1. The Morgan fingerprint density at radius 2 is 1.94 bits per heavy atom. The smallest absolute Gasteiger partial charge is 0.102 e. The van der Waals surface area contributed by atoms with Crippen LogP contribution in [0, 0.1) is 30.1 Å². The van der Waals surface area contributed by atoms with E-state index in [9.17, 15) is 0 Å². The second kappa shape index (κ2) is 9.82. The number of aromatic nitrogens is 3. The first-order valence-electron chi connectivity index (χ1n) is 10.3. The molecule has 0 saturated heterocycles. The number of nitrogens with one attached hydrogen (secondary N) is 3. The molecular weight excluding hydrogens is 390 g/mol. The molecule has 0 aromatic carbocycles. The summed E-state index contributed by atoms with van der Waals surface area (Å²) >= 11 is 0. The Morgan fingerprint density at radius 1 is 1.26 bits per heavy atom. The van der Waals surface area contributed by atoms with Gasteiger partial charge in [-0.25, -0.2) is 5.84 Å². The zero-order valence-electron chi connectivity index (χ0n) is 19.7. The molecule has 0 unspecified atom stereocenters. The Bertz CT molecular complexity index is 979. The summed E-state index contributed by atoms with van der Waals surface area (Å²) < 4.78 is 1.75. The van der Waals surface area contributed by atoms with Gasteiger partial charge in [-0.05, 0) is 30.9 Å². The molecule has 0 atom stereocenters. The molecule has 0 aliphatic carbocycles. The molecule has 2 rings (SSSR count). The Hall–Kier alpha value is -3.07. The molecule has 0 fully saturated rings. The predicted molar refractivity (Wildman–Crippen MR) is 127 cm³/mol. The SMILES string of the molecule is CN=C(CC(=N)C(C)(C)C)NCc1cnc(C)c(N(N)CC(=N)c2cnn(C)c2C)c1. The van der Waals surface area contributed by atoms with Gasteiger partial charge >= 0.3 is 0 Å². The van der Waals surface area contributed by atoms with Crippen LogP contribution >= 0.6 is 0 Å². The molecule has 2 aromatic rings. The van der Waals surface area contributed by atoms with Crippen LogP contribution in [0.5, 0.6) is 0 Å². The molecule has 2 aromatic heterocycles. The normalized spacial score (nSPS) is 12.1. The van der Waals surface area contributed by atoms with Gasteiger partial charge in [-0.3, -0.25) is 14.7 Å². The molecule has 9 heteroatoms. The van der Waals surface area contributed by atoms with Gasteiger partial charge in [0.05, 0.1) is 29.8 Å². The number of hydrogen-bond donors (Lipinski definition) is 4. The van der Waals surface area contributed by atoms with Crippen LogP contribution in [-0.2, 0) is 13.6 Å². The Kier molecular flexibility index (Phi) is 7.67. The Labute approximate surface area is 184 Å². The van der Waals surface area contributed by atoms with Gasteiger partial charge in [-0.2, -0.15) is 5.10 Å². The van der Waals surface area contributed by atoms with Crippen molar-refractivity contribution in [2.24, 2.45) is 23.3 Å². The van der Waals surface area contributed by atoms with Gasteiger partial charge in [0.1, 0.15) is 5.84 Å². The summed E-state index contributed by atoms with van der Waals surface area (Å²) in [6.07, 6.45) is 3.98. The molecule has 2 heterocycles. The molecule has 0 aliphatic rings. The zero-order valence-corrected chi connectivity index (χ0v) is 19.7. The number of hydrazine groups is 1. The van der Waals surface area contributed by atoms with Gasteiger partial charge in [-0.1, -0.05) is 20.8 Å². The second-order valence-corrected chi connectivity index (χ2v) is 8.75. The third-order valence-corrected chi connectivity index (χ3v) is 5.33. The third kappa shape index (κ3) is 6.21. The van der Waals surface area contributed by atoms with E-state index in [1.54, 1.807) is 29.1 Å². The van der Waals surface area contributed by atoms with E-state index in [2.05, 4.69) is 20.4 Å². The Balaban J connectivity index is 2.08. The summed E-state index contributed by atoms with van der Waals surface area (Å²) in [6.45, 7) is 10.7. The average molecular weight is 426 g/mol. The van der Waals surface area contributed by atoms with Crippen LogP contribution in [0.2, 0.25) is 0 Å². The maximum atomic E-state index is 8.42. The first-order valence-corrected chi connectivity index (χ1v) is 10.3. The van der Waals surface area contributed by atoms with Crippen molar-refractivity contribution < 1.29 is 0 Å². The number of amidine groups is 1. The maximum Gasteiger partial charge on any atom is 0.102 e. The molecule has 0 bridgehead atoms. The minimum atomic E-state index is -0.187. The lowest BCUT2D eigenvalue weighted by atomic mass is 9.88. The lowest BCUT2D eigenvalue weighted by Crippen LogP contribution is -2.37. The lowest BCUT2D eigenvalue weighted by Gasteiger charge is -2.22. The number of nitrogens with zero attached hydrogens (tertiary/aromatic N) is 5. The minimum Gasteiger partial charge on any atom is -0.369 e. The highest BCUT2D eigenvalue weighted by Crippen LogP contribution is 2.19. The van der Waals surface area contributed by atoms with Crippen molar-refractivity contribution in [1.29, 1.82) is 10.8 Å². The van der Waals surface area contributed by atoms with Crippen LogP contribution in [0.15, 0.2) is 23.5 Å². The van der Waals surface area contributed by atoms with E-state index < -0.39 is 0 Å². The molecule has 31 heavy (non-hydrogen) atoms. The number of hydrogen-bond acceptors (Lipinski definition) is 7. The topological polar surface area (TPSA) is 132 Å². The molecule has 0 saturated carbocycles. The Morgan fingerprint density at radius 3 is 2.48 bits per heavy atom. The second-order valence-electron chi connectivity index (χ2n) is 8.75. The molecule has 168 valence electrons. The van der Waals surface area contributed by atoms with Crippen molar-refractivity contribution in [3.63, 3.8) is 0 Å². The van der Waals surface area contributed by atoms with E-state index in [4.69, 9.17) is 16.7 Å². The van der Waals surface area contributed by atoms with Gasteiger partial charge in [0, 0.05) is 50.2 Å². The quantitative estimate of drug-likeness (QED) is 0.223. The summed E-state index contributed by atoms with van der Waals surface area (Å²) in [6, 6.07) is 1.97. The van der Waals surface area contributed by atoms with Crippen LogP contribution in [0.3, 0.4) is 0 Å². The van der Waals surface area contributed by atoms with Crippen LogP contribution in [-0.4, -0.2) is 45.6 Å². The van der Waals surface area contributed by atoms with E-state index in [0.29, 0.717) is 24.4 Å². The van der Waals surface area contributed by atoms with Gasteiger partial charge < -0.3 is 21.1 Å². The number of pyridine rings is 1. The summed E-state index contributed by atoms with van der Waals surface area (Å²) in [5.41, 5.74) is 5.06. The monoisotopic (exact) mass is 425 g/mol. The molecule has 0 amide bonds. The molecule has 5 N–H and O–H groups in total. The summed E-state index contributed by atoms with van der Waals surface area (Å²) in [5, 5.41) is 25.7. The van der Waals surface area contributed by atoms with Crippen LogP contribution in [0.25, 0.3) is 0 Å². The van der Waals surface area contributed by atoms with Crippen LogP contribution in [0.1, 0.15) is 49.7 Å². The van der Waals surface area contributed by atoms with Gasteiger partial charge in [-0.15, -0.1) is 0 Å². The fourth-order valence-corrected chi connectivity index (χ4v) is 2.94. The fourth-order valence-electron chi connectivity index (χ4n) is 2.94.